The highest BCUT2D eigenvalue weighted by Crippen LogP contribution is 2.32. The number of phenols is 1. The first kappa shape index (κ1) is 38.0. The molecule has 2 heterocycles. The second kappa shape index (κ2) is 17.0. The van der Waals surface area contributed by atoms with Crippen LogP contribution in [0.25, 0.3) is 22.0 Å². The number of anilines is 2. The van der Waals surface area contributed by atoms with Gasteiger partial charge in [-0.3, -0.25) is 14.9 Å². The lowest BCUT2D eigenvalue weighted by Crippen LogP contribution is -2.48. The summed E-state index contributed by atoms with van der Waals surface area (Å²) in [5, 5.41) is 30.9. The average molecular weight is 735 g/mol. The van der Waals surface area contributed by atoms with E-state index < -0.39 is 12.2 Å². The Morgan fingerprint density at radius 3 is 2.41 bits per heavy atom. The molecule has 1 saturated heterocycles. The number of fused-ring (bicyclic) bond motifs is 1. The number of pyridine rings is 1. The van der Waals surface area contributed by atoms with E-state index in [-0.39, 0.29) is 41.8 Å². The molecule has 1 fully saturated rings. The molecule has 4 aromatic carbocycles. The third-order valence-corrected chi connectivity index (χ3v) is 9.90. The van der Waals surface area contributed by atoms with Crippen LogP contribution >= 0.6 is 0 Å². The van der Waals surface area contributed by atoms with Crippen molar-refractivity contribution in [3.8, 4) is 22.6 Å². The number of aromatic nitrogens is 1. The van der Waals surface area contributed by atoms with E-state index in [0.29, 0.717) is 41.0 Å². The number of carbonyl (C=O) groups is 2. The maximum atomic E-state index is 13.2. The molecule has 0 unspecified atom stereocenters. The molecule has 0 radical (unpaired) electrons. The molecule has 54 heavy (non-hydrogen) atoms. The van der Waals surface area contributed by atoms with Gasteiger partial charge in [0.1, 0.15) is 17.6 Å². The van der Waals surface area contributed by atoms with Crippen molar-refractivity contribution in [2.75, 3.05) is 51.5 Å². The van der Waals surface area contributed by atoms with Gasteiger partial charge < -0.3 is 39.8 Å². The molecule has 6 N–H and O–H groups in total. The van der Waals surface area contributed by atoms with Crippen molar-refractivity contribution in [3.05, 3.63) is 118 Å². The third kappa shape index (κ3) is 9.64. The Kier molecular flexibility index (Phi) is 12.0. The third-order valence-electron chi connectivity index (χ3n) is 9.90. The van der Waals surface area contributed by atoms with E-state index in [9.17, 15) is 24.6 Å². The number of likely N-dealkylation sites (tertiary alicyclic amines) is 1. The van der Waals surface area contributed by atoms with Crippen LogP contribution in [0, 0.1) is 0 Å². The van der Waals surface area contributed by atoms with Gasteiger partial charge in [0.05, 0.1) is 57.3 Å². The lowest BCUT2D eigenvalue weighted by molar-refractivity contribution is -0.896. The van der Waals surface area contributed by atoms with Crippen LogP contribution in [-0.2, 0) is 22.5 Å². The topological polar surface area (TPSA) is 162 Å². The van der Waals surface area contributed by atoms with Crippen LogP contribution in [0.1, 0.15) is 42.1 Å². The lowest BCUT2D eigenvalue weighted by Gasteiger charge is -2.36. The molecule has 0 saturated carbocycles. The van der Waals surface area contributed by atoms with Crippen molar-refractivity contribution < 1.29 is 33.8 Å². The molecule has 2 amide bonds. The van der Waals surface area contributed by atoms with E-state index in [2.05, 4.69) is 35.0 Å². The number of aryl methyl sites for hydroxylation is 1. The molecule has 6 rings (SSSR count). The van der Waals surface area contributed by atoms with Gasteiger partial charge in [-0.1, -0.05) is 54.6 Å². The summed E-state index contributed by atoms with van der Waals surface area (Å²) in [6.07, 6.45) is 0.734. The summed E-state index contributed by atoms with van der Waals surface area (Å²) < 4.78 is 12.3. The second-order valence-corrected chi connectivity index (χ2v) is 14.4. The van der Waals surface area contributed by atoms with Crippen LogP contribution in [0.15, 0.2) is 95.8 Å². The Bertz CT molecular complexity index is 2160. The fourth-order valence-corrected chi connectivity index (χ4v) is 6.82. The zero-order chi connectivity index (χ0) is 38.2. The number of rotatable bonds is 13. The predicted molar refractivity (Wildman–Crippen MR) is 210 cm³/mol. The van der Waals surface area contributed by atoms with E-state index >= 15 is 0 Å². The number of benzene rings is 4. The van der Waals surface area contributed by atoms with Crippen molar-refractivity contribution in [1.29, 1.82) is 0 Å². The Morgan fingerprint density at radius 1 is 0.907 bits per heavy atom. The highest BCUT2D eigenvalue weighted by atomic mass is 16.6. The van der Waals surface area contributed by atoms with Gasteiger partial charge in [-0.15, -0.1) is 0 Å². The first-order chi connectivity index (χ1) is 26.0. The lowest BCUT2D eigenvalue weighted by atomic mass is 9.99. The molecule has 12 nitrogen and oxygen atoms in total. The number of aromatic amines is 1. The number of aliphatic hydroxyl groups excluding tert-OH is 1. The Hall–Kier alpha value is -5.69. The molecule has 0 aliphatic carbocycles. The number of quaternary nitrogens is 1. The van der Waals surface area contributed by atoms with Crippen LogP contribution in [0.5, 0.6) is 11.5 Å². The molecular weight excluding hydrogens is 686 g/mol. The normalized spacial score (nSPS) is 14.7. The highest BCUT2D eigenvalue weighted by molar-refractivity contribution is 5.93. The molecule has 0 bridgehead atoms. The molecule has 12 heteroatoms. The van der Waals surface area contributed by atoms with Crippen molar-refractivity contribution in [1.82, 2.24) is 10.3 Å². The largest absolute Gasteiger partial charge is 0.506 e. The van der Waals surface area contributed by atoms with Gasteiger partial charge in [0, 0.05) is 49.4 Å². The number of nitrogens with one attached hydrogen (secondary N) is 4. The van der Waals surface area contributed by atoms with Gasteiger partial charge in [-0.05, 0) is 59.0 Å². The van der Waals surface area contributed by atoms with E-state index in [4.69, 9.17) is 9.47 Å². The molecule has 1 aliphatic rings. The van der Waals surface area contributed by atoms with Crippen LogP contribution in [0.4, 0.5) is 16.2 Å². The zero-order valence-corrected chi connectivity index (χ0v) is 30.9. The number of phenolic OH excluding ortho intramolecular Hbond substituents is 1. The number of aliphatic hydroxyl groups is 1. The van der Waals surface area contributed by atoms with E-state index in [0.717, 1.165) is 52.7 Å². The number of ether oxygens (including phenoxy) is 2. The summed E-state index contributed by atoms with van der Waals surface area (Å²) in [5.74, 6) is 0.234. The number of hydrogen-bond donors (Lipinski definition) is 6. The van der Waals surface area contributed by atoms with Gasteiger partial charge in [-0.2, -0.15) is 0 Å². The Morgan fingerprint density at radius 2 is 1.65 bits per heavy atom. The van der Waals surface area contributed by atoms with E-state index in [1.807, 2.05) is 60.7 Å². The molecule has 1 aromatic heterocycles. The van der Waals surface area contributed by atoms with Crippen molar-refractivity contribution in [3.63, 3.8) is 0 Å². The summed E-state index contributed by atoms with van der Waals surface area (Å²) >= 11 is 0. The van der Waals surface area contributed by atoms with Gasteiger partial charge in [0.2, 0.25) is 11.5 Å². The quantitative estimate of drug-likeness (QED) is 0.0793. The first-order valence-corrected chi connectivity index (χ1v) is 18.2. The second-order valence-electron chi connectivity index (χ2n) is 14.4. The van der Waals surface area contributed by atoms with Crippen LogP contribution in [0.2, 0.25) is 0 Å². The SMILES string of the molecule is COc1ccc(CNC[C@H](O)c2ccc(O)c3[nH]c(=O)ccc23)cc1NC(=O)CCc1ccc(-c2ccccc2)c(NC(=O)OC2CC[N+](C)(C)CC2)c1. The predicted octanol–water partition coefficient (Wildman–Crippen LogP) is 6.09. The number of amides is 2. The number of piperidine rings is 1. The Balaban J connectivity index is 1.07. The number of hydrogen-bond acceptors (Lipinski definition) is 8. The molecular formula is C42H48N5O7+. The molecule has 0 spiro atoms. The number of methoxy groups -OCH3 is 1. The minimum Gasteiger partial charge on any atom is -0.506 e. The number of carbonyl (C=O) groups excluding carboxylic acids is 2. The summed E-state index contributed by atoms with van der Waals surface area (Å²) in [6, 6.07) is 27.1. The first-order valence-electron chi connectivity index (χ1n) is 18.2. The molecule has 282 valence electrons. The fourth-order valence-electron chi connectivity index (χ4n) is 6.82. The maximum Gasteiger partial charge on any atom is 0.411 e. The number of H-pyrrole nitrogens is 1. The van der Waals surface area contributed by atoms with E-state index in [1.165, 1.54) is 19.2 Å². The van der Waals surface area contributed by atoms with Gasteiger partial charge in [0.25, 0.3) is 0 Å². The molecule has 5 aromatic rings. The Labute approximate surface area is 314 Å². The fraction of sp³-hybridized carbons (Fsp3) is 0.310. The van der Waals surface area contributed by atoms with Crippen LogP contribution < -0.4 is 26.2 Å². The summed E-state index contributed by atoms with van der Waals surface area (Å²) in [4.78, 5) is 40.7. The molecule has 1 atom stereocenters. The zero-order valence-electron chi connectivity index (χ0n) is 30.9. The smallest absolute Gasteiger partial charge is 0.411 e. The average Bonchev–Trinajstić information content (AvgIpc) is 3.15. The molecule has 1 aliphatic heterocycles. The van der Waals surface area contributed by atoms with Crippen LogP contribution in [0.3, 0.4) is 0 Å². The number of aromatic hydroxyl groups is 1. The van der Waals surface area contributed by atoms with Crippen molar-refractivity contribution in [2.45, 2.75) is 44.4 Å². The summed E-state index contributed by atoms with van der Waals surface area (Å²) in [6.45, 7) is 2.49. The highest BCUT2D eigenvalue weighted by Gasteiger charge is 2.28. The maximum absolute atomic E-state index is 13.2. The van der Waals surface area contributed by atoms with Crippen LogP contribution in [-0.4, -0.2) is 78.6 Å². The monoisotopic (exact) mass is 734 g/mol. The van der Waals surface area contributed by atoms with Gasteiger partial charge in [-0.25, -0.2) is 4.79 Å². The standard InChI is InChI=1S/C42H47N5O7/c1-47(2)21-19-30(20-22-47)54-42(52)45-34-23-27(9-12-31(34)29-7-5-4-6-8-29)11-17-39(50)44-35-24-28(10-16-38(35)53-3)25-43-26-37(49)32-13-15-36(48)41-33(32)14-18-40(51)46-41/h4-10,12-16,18,23-24,30,37,43,49H,11,17,19-22,25-26H2,1-3H3,(H3-,44,45,46,48,50,51,52)/p+1/t37-/m0/s1. The van der Waals surface area contributed by atoms with Gasteiger partial charge >= 0.3 is 6.09 Å². The van der Waals surface area contributed by atoms with Crippen molar-refractivity contribution in [2.24, 2.45) is 0 Å². The minimum absolute atomic E-state index is 0.0716. The van der Waals surface area contributed by atoms with Crippen molar-refractivity contribution >= 4 is 34.3 Å². The summed E-state index contributed by atoms with van der Waals surface area (Å²) in [7, 11) is 5.91. The van der Waals surface area contributed by atoms with E-state index in [1.54, 1.807) is 18.2 Å². The van der Waals surface area contributed by atoms with Gasteiger partial charge in [0.15, 0.2) is 0 Å². The summed E-state index contributed by atoms with van der Waals surface area (Å²) in [5.41, 5.74) is 5.18. The minimum atomic E-state index is -0.913. The number of nitrogens with zero attached hydrogens (tertiary/aromatic N) is 1.